The first-order valence-corrected chi connectivity index (χ1v) is 8.66. The molecule has 3 aromatic rings. The Hall–Kier alpha value is -3.06. The first-order chi connectivity index (χ1) is 12.8. The van der Waals surface area contributed by atoms with Gasteiger partial charge in [-0.2, -0.15) is 5.10 Å². The molecule has 2 N–H and O–H groups in total. The van der Waals surface area contributed by atoms with Crippen LogP contribution >= 0.6 is 0 Å². The fourth-order valence-electron chi connectivity index (χ4n) is 3.36. The first-order valence-electron chi connectivity index (χ1n) is 8.66. The van der Waals surface area contributed by atoms with Crippen LogP contribution in [-0.2, 0) is 10.3 Å². The predicted molar refractivity (Wildman–Crippen MR) is 98.4 cm³/mol. The molecular weight excluding hydrogens is 328 g/mol. The normalized spacial score (nSPS) is 16.2. The van der Waals surface area contributed by atoms with E-state index in [0.717, 1.165) is 29.9 Å². The fraction of sp³-hybridized carbons (Fsp3) is 0.263. The number of benzene rings is 1. The lowest BCUT2D eigenvalue weighted by atomic mass is 9.87. The van der Waals surface area contributed by atoms with Crippen molar-refractivity contribution >= 4 is 11.6 Å². The highest BCUT2D eigenvalue weighted by atomic mass is 16.2. The van der Waals surface area contributed by atoms with Gasteiger partial charge in [-0.1, -0.05) is 12.1 Å². The van der Waals surface area contributed by atoms with Crippen LogP contribution in [0.25, 0.3) is 11.1 Å². The number of nitrogens with one attached hydrogen (secondary N) is 2. The minimum Gasteiger partial charge on any atom is -0.324 e. The number of amides is 1. The summed E-state index contributed by atoms with van der Waals surface area (Å²) < 4.78 is 1.79. The molecule has 1 amide bonds. The van der Waals surface area contributed by atoms with E-state index in [1.165, 1.54) is 6.33 Å². The van der Waals surface area contributed by atoms with E-state index >= 15 is 0 Å². The Kier molecular flexibility index (Phi) is 4.45. The van der Waals surface area contributed by atoms with Crippen LogP contribution in [0.1, 0.15) is 12.8 Å². The van der Waals surface area contributed by atoms with Gasteiger partial charge in [-0.15, -0.1) is 0 Å². The predicted octanol–water partition coefficient (Wildman–Crippen LogP) is 2.06. The molecule has 2 aromatic heterocycles. The monoisotopic (exact) mass is 348 g/mol. The van der Waals surface area contributed by atoms with E-state index in [2.05, 4.69) is 25.7 Å². The largest absolute Gasteiger partial charge is 0.324 e. The van der Waals surface area contributed by atoms with Gasteiger partial charge in [0.05, 0.1) is 0 Å². The zero-order chi connectivity index (χ0) is 17.8. The number of carbonyl (C=O) groups excluding carboxylic acids is 1. The number of hydrogen-bond donors (Lipinski definition) is 2. The van der Waals surface area contributed by atoms with E-state index in [1.807, 2.05) is 36.5 Å². The van der Waals surface area contributed by atoms with Crippen molar-refractivity contribution in [1.29, 1.82) is 0 Å². The van der Waals surface area contributed by atoms with Gasteiger partial charge >= 0.3 is 0 Å². The summed E-state index contributed by atoms with van der Waals surface area (Å²) in [6.45, 7) is 1.58. The molecule has 1 aliphatic rings. The Morgan fingerprint density at radius 1 is 1.08 bits per heavy atom. The molecule has 0 aliphatic carbocycles. The van der Waals surface area contributed by atoms with Gasteiger partial charge in [0.2, 0.25) is 0 Å². The average molecular weight is 348 g/mol. The highest BCUT2D eigenvalue weighted by Gasteiger charge is 2.41. The summed E-state index contributed by atoms with van der Waals surface area (Å²) in [6.07, 6.45) is 10.0. The number of rotatable bonds is 4. The number of carbonyl (C=O) groups is 1. The molecule has 1 saturated heterocycles. The zero-order valence-corrected chi connectivity index (χ0v) is 14.3. The van der Waals surface area contributed by atoms with Gasteiger partial charge in [-0.05, 0) is 49.7 Å². The van der Waals surface area contributed by atoms with Crippen molar-refractivity contribution in [2.45, 2.75) is 18.4 Å². The molecule has 0 spiro atoms. The lowest BCUT2D eigenvalue weighted by molar-refractivity contribution is -0.126. The fourth-order valence-corrected chi connectivity index (χ4v) is 3.36. The number of piperidine rings is 1. The van der Waals surface area contributed by atoms with Crippen LogP contribution in [0, 0.1) is 0 Å². The Morgan fingerprint density at radius 3 is 2.46 bits per heavy atom. The molecule has 0 unspecified atom stereocenters. The summed E-state index contributed by atoms with van der Waals surface area (Å²) >= 11 is 0. The molecule has 1 aliphatic heterocycles. The summed E-state index contributed by atoms with van der Waals surface area (Å²) in [5.41, 5.74) is 2.06. The third kappa shape index (κ3) is 3.09. The van der Waals surface area contributed by atoms with Crippen molar-refractivity contribution in [1.82, 2.24) is 25.1 Å². The van der Waals surface area contributed by atoms with Crippen LogP contribution in [0.3, 0.4) is 0 Å². The van der Waals surface area contributed by atoms with E-state index in [4.69, 9.17) is 0 Å². The molecule has 0 bridgehead atoms. The molecule has 1 aromatic carbocycles. The molecule has 7 heteroatoms. The van der Waals surface area contributed by atoms with Crippen LogP contribution in [0.15, 0.2) is 61.4 Å². The minimum absolute atomic E-state index is 0.0292. The van der Waals surface area contributed by atoms with Crippen molar-refractivity contribution in [3.63, 3.8) is 0 Å². The SMILES string of the molecule is O=C(Nc1ccc(-c2cncnc2)cc1)C1(n2cccn2)CCNCC1. The van der Waals surface area contributed by atoms with Gasteiger partial charge in [-0.3, -0.25) is 9.48 Å². The van der Waals surface area contributed by atoms with E-state index in [0.29, 0.717) is 12.8 Å². The summed E-state index contributed by atoms with van der Waals surface area (Å²) in [4.78, 5) is 21.2. The molecule has 26 heavy (non-hydrogen) atoms. The molecule has 4 rings (SSSR count). The van der Waals surface area contributed by atoms with E-state index in [9.17, 15) is 4.79 Å². The Labute approximate surface area is 151 Å². The summed E-state index contributed by atoms with van der Waals surface area (Å²) in [5.74, 6) is -0.0292. The Morgan fingerprint density at radius 2 is 1.81 bits per heavy atom. The van der Waals surface area contributed by atoms with Gasteiger partial charge in [-0.25, -0.2) is 9.97 Å². The van der Waals surface area contributed by atoms with E-state index in [1.54, 1.807) is 23.3 Å². The van der Waals surface area contributed by atoms with Gasteiger partial charge in [0.25, 0.3) is 5.91 Å². The zero-order valence-electron chi connectivity index (χ0n) is 14.3. The number of aromatic nitrogens is 4. The lowest BCUT2D eigenvalue weighted by Gasteiger charge is -2.36. The molecule has 3 heterocycles. The van der Waals surface area contributed by atoms with Crippen molar-refractivity contribution in [3.05, 3.63) is 61.4 Å². The topological polar surface area (TPSA) is 84.7 Å². The van der Waals surface area contributed by atoms with Crippen LogP contribution in [-0.4, -0.2) is 38.7 Å². The molecule has 0 atom stereocenters. The van der Waals surface area contributed by atoms with Gasteiger partial charge in [0.15, 0.2) is 0 Å². The second-order valence-electron chi connectivity index (χ2n) is 6.39. The maximum atomic E-state index is 13.1. The molecule has 0 saturated carbocycles. The van der Waals surface area contributed by atoms with Crippen LogP contribution in [0.2, 0.25) is 0 Å². The smallest absolute Gasteiger partial charge is 0.252 e. The summed E-state index contributed by atoms with van der Waals surface area (Å²) in [7, 11) is 0. The molecular formula is C19H20N6O. The molecule has 132 valence electrons. The van der Waals surface area contributed by atoms with E-state index < -0.39 is 5.54 Å². The minimum atomic E-state index is -0.652. The van der Waals surface area contributed by atoms with Gasteiger partial charge < -0.3 is 10.6 Å². The highest BCUT2D eigenvalue weighted by molar-refractivity contribution is 5.97. The van der Waals surface area contributed by atoms with Gasteiger partial charge in [0, 0.05) is 36.0 Å². The number of hydrogen-bond acceptors (Lipinski definition) is 5. The van der Waals surface area contributed by atoms with Crippen molar-refractivity contribution in [2.75, 3.05) is 18.4 Å². The Balaban J connectivity index is 1.55. The maximum absolute atomic E-state index is 13.1. The van der Waals surface area contributed by atoms with Crippen molar-refractivity contribution in [3.8, 4) is 11.1 Å². The van der Waals surface area contributed by atoms with Crippen molar-refractivity contribution in [2.24, 2.45) is 0 Å². The van der Waals surface area contributed by atoms with Crippen LogP contribution in [0.4, 0.5) is 5.69 Å². The quantitative estimate of drug-likeness (QED) is 0.754. The van der Waals surface area contributed by atoms with Gasteiger partial charge in [0.1, 0.15) is 11.9 Å². The first kappa shape index (κ1) is 16.4. The summed E-state index contributed by atoms with van der Waals surface area (Å²) in [5, 5.41) is 10.7. The summed E-state index contributed by atoms with van der Waals surface area (Å²) in [6, 6.07) is 9.57. The van der Waals surface area contributed by atoms with Crippen LogP contribution < -0.4 is 10.6 Å². The maximum Gasteiger partial charge on any atom is 0.252 e. The third-order valence-corrected chi connectivity index (χ3v) is 4.83. The second-order valence-corrected chi connectivity index (χ2v) is 6.39. The third-order valence-electron chi connectivity index (χ3n) is 4.83. The van der Waals surface area contributed by atoms with Crippen LogP contribution in [0.5, 0.6) is 0 Å². The standard InChI is InChI=1S/C19H20N6O/c26-18(19(6-9-20-10-7-19)25-11-1-8-23-25)24-17-4-2-15(3-5-17)16-12-21-14-22-13-16/h1-5,8,11-14,20H,6-7,9-10H2,(H,24,26). The Bertz CT molecular complexity index is 855. The molecule has 1 fully saturated rings. The highest BCUT2D eigenvalue weighted by Crippen LogP contribution is 2.29. The average Bonchev–Trinajstić information content (AvgIpc) is 3.25. The number of nitrogens with zero attached hydrogens (tertiary/aromatic N) is 4. The van der Waals surface area contributed by atoms with Crippen molar-refractivity contribution < 1.29 is 4.79 Å². The second kappa shape index (κ2) is 7.05. The van der Waals surface area contributed by atoms with E-state index in [-0.39, 0.29) is 5.91 Å². The number of anilines is 1. The molecule has 0 radical (unpaired) electrons. The lowest BCUT2D eigenvalue weighted by Crippen LogP contribution is -2.52. The molecule has 7 nitrogen and oxygen atoms in total.